The molecule has 1 spiro atoms. The van der Waals surface area contributed by atoms with Gasteiger partial charge in [0.25, 0.3) is 0 Å². The molecule has 186 valence electrons. The van der Waals surface area contributed by atoms with Crippen LogP contribution in [0.1, 0.15) is 64.1 Å². The van der Waals surface area contributed by atoms with E-state index in [1.165, 1.54) is 6.07 Å². The van der Waals surface area contributed by atoms with E-state index in [0.29, 0.717) is 11.1 Å². The monoisotopic (exact) mass is 493 g/mol. The van der Waals surface area contributed by atoms with E-state index in [2.05, 4.69) is 0 Å². The van der Waals surface area contributed by atoms with Crippen LogP contribution in [0.5, 0.6) is 0 Å². The minimum absolute atomic E-state index is 0.138. The molecule has 1 aliphatic carbocycles. The van der Waals surface area contributed by atoms with Crippen LogP contribution in [0.25, 0.3) is 6.08 Å². The Morgan fingerprint density at radius 1 is 0.919 bits per heavy atom. The largest absolute Gasteiger partial charge is 0.352 e. The van der Waals surface area contributed by atoms with Gasteiger partial charge < -0.3 is 4.90 Å². The van der Waals surface area contributed by atoms with Gasteiger partial charge in [-0.15, -0.1) is 0 Å². The number of carbonyl (C=O) groups is 3. The highest BCUT2D eigenvalue weighted by Crippen LogP contribution is 2.61. The summed E-state index contributed by atoms with van der Waals surface area (Å²) in [6.07, 6.45) is 3.80. The minimum Gasteiger partial charge on any atom is -0.352 e. The van der Waals surface area contributed by atoms with Crippen molar-refractivity contribution in [3.8, 4) is 0 Å². The summed E-state index contributed by atoms with van der Waals surface area (Å²) in [4.78, 5) is 45.1. The Morgan fingerprint density at radius 3 is 2.16 bits per heavy atom. The van der Waals surface area contributed by atoms with Crippen LogP contribution < -0.4 is 4.90 Å². The van der Waals surface area contributed by atoms with Crippen molar-refractivity contribution in [2.45, 2.75) is 45.7 Å². The van der Waals surface area contributed by atoms with Gasteiger partial charge in [0, 0.05) is 28.1 Å². The highest BCUT2D eigenvalue weighted by molar-refractivity contribution is 6.32. The van der Waals surface area contributed by atoms with E-state index in [1.807, 2.05) is 62.9 Å². The lowest BCUT2D eigenvalue weighted by Crippen LogP contribution is -2.49. The number of Topliss-reactive ketones (excluding diaryl/α,β-unsaturated/α-hetero) is 3. The molecule has 1 fully saturated rings. The van der Waals surface area contributed by atoms with Crippen molar-refractivity contribution in [3.05, 3.63) is 106 Å². The van der Waals surface area contributed by atoms with Gasteiger partial charge in [0.1, 0.15) is 11.2 Å². The van der Waals surface area contributed by atoms with Gasteiger partial charge >= 0.3 is 0 Å². The third-order valence-electron chi connectivity index (χ3n) is 8.21. The minimum atomic E-state index is -1.67. The predicted molar refractivity (Wildman–Crippen MR) is 141 cm³/mol. The van der Waals surface area contributed by atoms with Crippen molar-refractivity contribution >= 4 is 29.1 Å². The first-order valence-corrected chi connectivity index (χ1v) is 12.6. The molecule has 3 unspecified atom stereocenters. The normalized spacial score (nSPS) is 23.3. The van der Waals surface area contributed by atoms with E-state index in [-0.39, 0.29) is 22.9 Å². The Bertz CT molecular complexity index is 1490. The van der Waals surface area contributed by atoms with Crippen molar-refractivity contribution in [2.75, 3.05) is 4.90 Å². The zero-order valence-electron chi connectivity index (χ0n) is 21.3. The average molecular weight is 494 g/mol. The Morgan fingerprint density at radius 2 is 1.54 bits per heavy atom. The van der Waals surface area contributed by atoms with Gasteiger partial charge in [0.2, 0.25) is 0 Å². The molecule has 3 aromatic carbocycles. The summed E-state index contributed by atoms with van der Waals surface area (Å²) >= 11 is 0. The van der Waals surface area contributed by atoms with Crippen molar-refractivity contribution in [2.24, 2.45) is 10.8 Å². The fourth-order valence-electron chi connectivity index (χ4n) is 6.61. The number of fused-ring (bicyclic) bond motifs is 5. The summed E-state index contributed by atoms with van der Waals surface area (Å²) in [7, 11) is 0. The van der Waals surface area contributed by atoms with Crippen LogP contribution in [-0.4, -0.2) is 29.4 Å². The quantitative estimate of drug-likeness (QED) is 0.400. The molecule has 0 bridgehead atoms. The van der Waals surface area contributed by atoms with Gasteiger partial charge in [0.05, 0.1) is 12.1 Å². The molecular formula is C32H28FNO3. The summed E-state index contributed by atoms with van der Waals surface area (Å²) in [5.74, 6) is -2.36. The molecule has 5 heteroatoms. The standard InChI is InChI=1S/C32H28FNO3/c1-18-13-15-24-19(17-18)14-16-25-32(28(35)20-9-5-6-10-21(20)29(32)36)26(22-11-7-8-12-23(22)33)27(34(24)25)30(37)31(2,3)4/h5-17,25-27H,1-4H3. The number of ketones is 3. The van der Waals surface area contributed by atoms with Crippen molar-refractivity contribution in [1.82, 2.24) is 0 Å². The molecule has 2 heterocycles. The van der Waals surface area contributed by atoms with E-state index in [4.69, 9.17) is 0 Å². The van der Waals surface area contributed by atoms with Gasteiger partial charge in [-0.1, -0.05) is 87.0 Å². The van der Waals surface area contributed by atoms with Crippen LogP contribution in [0, 0.1) is 23.6 Å². The van der Waals surface area contributed by atoms with Gasteiger partial charge in [-0.05, 0) is 36.2 Å². The third-order valence-corrected chi connectivity index (χ3v) is 8.21. The van der Waals surface area contributed by atoms with Crippen molar-refractivity contribution in [1.29, 1.82) is 0 Å². The summed E-state index contributed by atoms with van der Waals surface area (Å²) in [6.45, 7) is 7.48. The Labute approximate surface area is 215 Å². The first-order valence-electron chi connectivity index (χ1n) is 12.6. The smallest absolute Gasteiger partial charge is 0.180 e. The zero-order chi connectivity index (χ0) is 26.3. The molecule has 4 nitrogen and oxygen atoms in total. The maximum Gasteiger partial charge on any atom is 0.180 e. The van der Waals surface area contributed by atoms with E-state index in [1.54, 1.807) is 42.5 Å². The second-order valence-corrected chi connectivity index (χ2v) is 11.4. The molecule has 0 amide bonds. The maximum atomic E-state index is 15.7. The summed E-state index contributed by atoms with van der Waals surface area (Å²) < 4.78 is 15.7. The molecule has 37 heavy (non-hydrogen) atoms. The van der Waals surface area contributed by atoms with E-state index >= 15 is 4.39 Å². The first kappa shape index (κ1) is 23.5. The van der Waals surface area contributed by atoms with Crippen LogP contribution in [0.2, 0.25) is 0 Å². The second kappa shape index (κ2) is 7.82. The summed E-state index contributed by atoms with van der Waals surface area (Å²) in [5.41, 5.74) is 1.15. The number of hydrogen-bond donors (Lipinski definition) is 0. The predicted octanol–water partition coefficient (Wildman–Crippen LogP) is 6.18. The van der Waals surface area contributed by atoms with E-state index in [9.17, 15) is 14.4 Å². The molecule has 0 aromatic heterocycles. The van der Waals surface area contributed by atoms with Crippen LogP contribution in [-0.2, 0) is 4.79 Å². The molecule has 3 atom stereocenters. The third kappa shape index (κ3) is 3.03. The number of nitrogens with zero attached hydrogens (tertiary/aromatic N) is 1. The van der Waals surface area contributed by atoms with Crippen molar-refractivity contribution < 1.29 is 18.8 Å². The summed E-state index contributed by atoms with van der Waals surface area (Å²) in [5, 5.41) is 0. The van der Waals surface area contributed by atoms with Gasteiger partial charge in [-0.3, -0.25) is 14.4 Å². The van der Waals surface area contributed by atoms with Crippen LogP contribution >= 0.6 is 0 Å². The van der Waals surface area contributed by atoms with E-state index in [0.717, 1.165) is 16.8 Å². The van der Waals surface area contributed by atoms with Gasteiger partial charge in [0.15, 0.2) is 17.3 Å². The van der Waals surface area contributed by atoms with Crippen LogP contribution in [0.15, 0.2) is 72.8 Å². The zero-order valence-corrected chi connectivity index (χ0v) is 21.3. The molecule has 3 aromatic rings. The van der Waals surface area contributed by atoms with Gasteiger partial charge in [-0.25, -0.2) is 4.39 Å². The second-order valence-electron chi connectivity index (χ2n) is 11.4. The number of hydrogen-bond acceptors (Lipinski definition) is 4. The molecular weight excluding hydrogens is 465 g/mol. The number of halogens is 1. The maximum absolute atomic E-state index is 15.7. The Balaban J connectivity index is 1.72. The summed E-state index contributed by atoms with van der Waals surface area (Å²) in [6, 6.07) is 17.3. The fourth-order valence-corrected chi connectivity index (χ4v) is 6.61. The van der Waals surface area contributed by atoms with Gasteiger partial charge in [-0.2, -0.15) is 0 Å². The first-order chi connectivity index (χ1) is 17.6. The average Bonchev–Trinajstić information content (AvgIpc) is 3.29. The number of aryl methyl sites for hydroxylation is 1. The molecule has 0 N–H and O–H groups in total. The molecule has 3 aliphatic rings. The molecule has 1 saturated heterocycles. The molecule has 6 rings (SSSR count). The van der Waals surface area contributed by atoms with E-state index < -0.39 is 34.6 Å². The number of benzene rings is 3. The SMILES string of the molecule is Cc1ccc2c(c1)C=CC1N2C(C(=O)C(C)(C)C)C(c2ccccc2F)C12C(=O)c1ccccc1C2=O. The van der Waals surface area contributed by atoms with Crippen LogP contribution in [0.4, 0.5) is 10.1 Å². The number of rotatable bonds is 2. The number of carbonyl (C=O) groups excluding carboxylic acids is 3. The lowest BCUT2D eigenvalue weighted by atomic mass is 9.63. The number of anilines is 1. The molecule has 2 aliphatic heterocycles. The Kier molecular flexibility index (Phi) is 4.97. The molecule has 0 saturated carbocycles. The fraction of sp³-hybridized carbons (Fsp3) is 0.281. The van der Waals surface area contributed by atoms with Crippen LogP contribution in [0.3, 0.4) is 0 Å². The van der Waals surface area contributed by atoms with Crippen molar-refractivity contribution in [3.63, 3.8) is 0 Å². The lowest BCUT2D eigenvalue weighted by molar-refractivity contribution is -0.127. The highest BCUT2D eigenvalue weighted by atomic mass is 19.1. The topological polar surface area (TPSA) is 54.5 Å². The highest BCUT2D eigenvalue weighted by Gasteiger charge is 2.72. The molecule has 0 radical (unpaired) electrons. The Hall–Kier alpha value is -3.86. The lowest BCUT2D eigenvalue weighted by Gasteiger charge is -2.38.